The van der Waals surface area contributed by atoms with Gasteiger partial charge in [-0.15, -0.1) is 9.81 Å². The molecule has 0 saturated heterocycles. The van der Waals surface area contributed by atoms with Crippen molar-refractivity contribution in [3.63, 3.8) is 0 Å². The van der Waals surface area contributed by atoms with E-state index < -0.39 is 0 Å². The zero-order valence-electron chi connectivity index (χ0n) is 5.32. The quantitative estimate of drug-likeness (QED) is 0.640. The van der Waals surface area contributed by atoms with Crippen LogP contribution in [0.25, 0.3) is 0 Å². The van der Waals surface area contributed by atoms with Crippen LogP contribution in [0.4, 0.5) is 11.4 Å². The van der Waals surface area contributed by atoms with Gasteiger partial charge >= 0.3 is 0 Å². The van der Waals surface area contributed by atoms with Crippen LogP contribution in [0, 0.1) is 9.81 Å². The normalized spacial score (nSPS) is 9.18. The largest absolute Gasteiger partial charge is 0.145 e. The molecule has 0 aromatic heterocycles. The molecule has 5 heteroatoms. The predicted molar refractivity (Wildman–Crippen MR) is 42.4 cm³/mol. The van der Waals surface area contributed by atoms with Crippen molar-refractivity contribution in [1.82, 2.24) is 0 Å². The van der Waals surface area contributed by atoms with Crippen LogP contribution in [-0.4, -0.2) is 0 Å². The summed E-state index contributed by atoms with van der Waals surface area (Å²) >= 11 is 5.51. The Balaban J connectivity index is 3.21. The molecule has 0 heterocycles. The van der Waals surface area contributed by atoms with Crippen LogP contribution in [-0.2, 0) is 0 Å². The first kappa shape index (κ1) is 7.81. The highest BCUT2D eigenvalue weighted by atomic mass is 35.5. The molecule has 1 aromatic carbocycles. The minimum Gasteiger partial charge on any atom is -0.145 e. The molecule has 0 fully saturated rings. The van der Waals surface area contributed by atoms with E-state index in [0.717, 1.165) is 0 Å². The molecule has 56 valence electrons. The number of hydrogen-bond acceptors (Lipinski definition) is 4. The number of hydrogen-bond donors (Lipinski definition) is 0. The van der Waals surface area contributed by atoms with Crippen LogP contribution in [0.2, 0.25) is 5.02 Å². The Morgan fingerprint density at radius 2 is 1.45 bits per heavy atom. The summed E-state index contributed by atoms with van der Waals surface area (Å²) in [4.78, 5) is 19.9. The fraction of sp³-hybridized carbons (Fsp3) is 0. The van der Waals surface area contributed by atoms with E-state index in [-0.39, 0.29) is 16.4 Å². The van der Waals surface area contributed by atoms with Gasteiger partial charge in [-0.1, -0.05) is 11.6 Å². The molecule has 0 radical (unpaired) electrons. The zero-order valence-corrected chi connectivity index (χ0v) is 6.08. The first-order valence-electron chi connectivity index (χ1n) is 2.73. The summed E-state index contributed by atoms with van der Waals surface area (Å²) < 4.78 is 0. The maximum Gasteiger partial charge on any atom is 0.111 e. The fourth-order valence-corrected chi connectivity index (χ4v) is 0.888. The first-order valence-corrected chi connectivity index (χ1v) is 3.11. The number of nitrogens with zero attached hydrogens (tertiary/aromatic N) is 2. The van der Waals surface area contributed by atoms with E-state index in [1.807, 2.05) is 0 Å². The molecular weight excluding hydrogens is 168 g/mol. The Morgan fingerprint density at radius 3 is 1.82 bits per heavy atom. The van der Waals surface area contributed by atoms with Gasteiger partial charge in [0.15, 0.2) is 0 Å². The summed E-state index contributed by atoms with van der Waals surface area (Å²) in [5.74, 6) is 0. The lowest BCUT2D eigenvalue weighted by Crippen LogP contribution is -1.65. The van der Waals surface area contributed by atoms with Gasteiger partial charge in [0.1, 0.15) is 11.4 Å². The first-order chi connectivity index (χ1) is 5.26. The lowest BCUT2D eigenvalue weighted by Gasteiger charge is -1.91. The summed E-state index contributed by atoms with van der Waals surface area (Å²) in [6.07, 6.45) is 0. The van der Waals surface area contributed by atoms with Crippen molar-refractivity contribution < 1.29 is 0 Å². The van der Waals surface area contributed by atoms with E-state index in [0.29, 0.717) is 0 Å². The molecule has 0 amide bonds. The van der Waals surface area contributed by atoms with E-state index in [9.17, 15) is 9.81 Å². The topological polar surface area (TPSA) is 58.9 Å². The highest BCUT2D eigenvalue weighted by Crippen LogP contribution is 2.25. The molecule has 0 N–H and O–H groups in total. The summed E-state index contributed by atoms with van der Waals surface area (Å²) in [7, 11) is 0. The van der Waals surface area contributed by atoms with Crippen LogP contribution in [0.15, 0.2) is 28.6 Å². The average molecular weight is 171 g/mol. The zero-order chi connectivity index (χ0) is 8.27. The van der Waals surface area contributed by atoms with Crippen LogP contribution in [0.3, 0.4) is 0 Å². The van der Waals surface area contributed by atoms with Crippen molar-refractivity contribution in [1.29, 1.82) is 0 Å². The number of benzene rings is 1. The Labute approximate surface area is 67.1 Å². The Hall–Kier alpha value is -1.29. The maximum atomic E-state index is 9.97. The lowest BCUT2D eigenvalue weighted by molar-refractivity contribution is 1.44. The highest BCUT2D eigenvalue weighted by molar-refractivity contribution is 6.31. The molecule has 1 aromatic rings. The van der Waals surface area contributed by atoms with E-state index in [1.165, 1.54) is 18.2 Å². The van der Waals surface area contributed by atoms with Gasteiger partial charge in [-0.3, -0.25) is 0 Å². The van der Waals surface area contributed by atoms with Crippen molar-refractivity contribution in [2.45, 2.75) is 0 Å². The maximum absolute atomic E-state index is 9.97. The van der Waals surface area contributed by atoms with Gasteiger partial charge in [-0.2, -0.15) is 0 Å². The smallest absolute Gasteiger partial charge is 0.111 e. The molecule has 0 saturated carbocycles. The second kappa shape index (κ2) is 3.21. The van der Waals surface area contributed by atoms with Crippen LogP contribution >= 0.6 is 11.6 Å². The van der Waals surface area contributed by atoms with Gasteiger partial charge in [0.25, 0.3) is 0 Å². The molecule has 11 heavy (non-hydrogen) atoms. The summed E-state index contributed by atoms with van der Waals surface area (Å²) in [5.41, 5.74) is 0.208. The Bertz CT molecular complexity index is 274. The van der Waals surface area contributed by atoms with E-state index in [1.54, 1.807) is 0 Å². The highest BCUT2D eigenvalue weighted by Gasteiger charge is 1.98. The minimum absolute atomic E-state index is 0.104. The lowest BCUT2D eigenvalue weighted by atomic mass is 10.3. The van der Waals surface area contributed by atoms with Crippen LogP contribution < -0.4 is 0 Å². The molecule has 1 rings (SSSR count). The van der Waals surface area contributed by atoms with E-state index >= 15 is 0 Å². The summed E-state index contributed by atoms with van der Waals surface area (Å²) in [6.45, 7) is 0. The molecule has 0 aliphatic heterocycles. The summed E-state index contributed by atoms with van der Waals surface area (Å²) in [6, 6.07) is 3.96. The molecule has 0 bridgehead atoms. The van der Waals surface area contributed by atoms with Crippen molar-refractivity contribution in [3.05, 3.63) is 33.0 Å². The van der Waals surface area contributed by atoms with Crippen molar-refractivity contribution in [3.8, 4) is 0 Å². The molecule has 0 spiro atoms. The number of rotatable bonds is 2. The molecule has 4 nitrogen and oxygen atoms in total. The monoisotopic (exact) mass is 170 g/mol. The third-order valence-corrected chi connectivity index (χ3v) is 1.30. The van der Waals surface area contributed by atoms with Gasteiger partial charge < -0.3 is 0 Å². The SMILES string of the molecule is O=Nc1cc(Cl)cc(N=O)c1. The molecule has 0 unspecified atom stereocenters. The standard InChI is InChI=1S/C6H3ClN2O2/c7-4-1-5(8-10)3-6(2-4)9-11/h1-3H. The average Bonchev–Trinajstić information content (AvgIpc) is 2.03. The van der Waals surface area contributed by atoms with Gasteiger partial charge in [0.05, 0.1) is 0 Å². The van der Waals surface area contributed by atoms with Crippen LogP contribution in [0.5, 0.6) is 0 Å². The predicted octanol–water partition coefficient (Wildman–Crippen LogP) is 3.14. The number of nitroso groups, excluding NO2 is 2. The van der Waals surface area contributed by atoms with Gasteiger partial charge in [-0.25, -0.2) is 0 Å². The van der Waals surface area contributed by atoms with Crippen LogP contribution in [0.1, 0.15) is 0 Å². The molecule has 0 atom stereocenters. The van der Waals surface area contributed by atoms with E-state index in [4.69, 9.17) is 11.6 Å². The number of halogens is 1. The van der Waals surface area contributed by atoms with Gasteiger partial charge in [-0.05, 0) is 28.6 Å². The Morgan fingerprint density at radius 1 is 1.00 bits per heavy atom. The third kappa shape index (κ3) is 1.81. The molecule has 0 aliphatic carbocycles. The minimum atomic E-state index is 0.104. The van der Waals surface area contributed by atoms with Gasteiger partial charge in [0.2, 0.25) is 0 Å². The summed E-state index contributed by atoms with van der Waals surface area (Å²) in [5, 5.41) is 5.49. The van der Waals surface area contributed by atoms with Crippen molar-refractivity contribution in [2.75, 3.05) is 0 Å². The fourth-order valence-electron chi connectivity index (χ4n) is 0.664. The van der Waals surface area contributed by atoms with E-state index in [2.05, 4.69) is 10.4 Å². The molecular formula is C6H3ClN2O2. The van der Waals surface area contributed by atoms with Gasteiger partial charge in [0, 0.05) is 5.02 Å². The second-order valence-electron chi connectivity index (χ2n) is 1.85. The van der Waals surface area contributed by atoms with Crippen molar-refractivity contribution in [2.24, 2.45) is 10.4 Å². The molecule has 0 aliphatic rings. The Kier molecular flexibility index (Phi) is 2.28. The third-order valence-electron chi connectivity index (χ3n) is 1.08. The second-order valence-corrected chi connectivity index (χ2v) is 2.29. The van der Waals surface area contributed by atoms with Crippen molar-refractivity contribution >= 4 is 23.0 Å².